The molecular formula is C17H37N3O6. The molecule has 4 atom stereocenters. The lowest BCUT2D eigenvalue weighted by atomic mass is 10.0. The third kappa shape index (κ3) is 17.1. The lowest BCUT2D eigenvalue weighted by Crippen LogP contribution is -2.36. The Morgan fingerprint density at radius 2 is 1.15 bits per heavy atom. The maximum atomic E-state index is 10.2. The summed E-state index contributed by atoms with van der Waals surface area (Å²) in [5.41, 5.74) is 15.6. The second kappa shape index (κ2) is 15.5. The summed E-state index contributed by atoms with van der Waals surface area (Å²) in [6.07, 6.45) is 1.36. The fourth-order valence-corrected chi connectivity index (χ4v) is 1.39. The summed E-state index contributed by atoms with van der Waals surface area (Å²) in [6, 6.07) is -2.10. The topological polar surface area (TPSA) is 190 Å². The highest BCUT2D eigenvalue weighted by molar-refractivity contribution is 5.73. The first-order valence-electron chi connectivity index (χ1n) is 8.63. The molecule has 26 heavy (non-hydrogen) atoms. The SMILES string of the molecule is CC(C)C[C@H](N)C(=O)O.CC(C)[C@H](N)C(=O)O.CC[C@H](C)[C@H](N)C(=O)O. The van der Waals surface area contributed by atoms with Gasteiger partial charge in [0.1, 0.15) is 18.1 Å². The van der Waals surface area contributed by atoms with Crippen molar-refractivity contribution >= 4 is 17.9 Å². The molecule has 0 heterocycles. The third-order valence-corrected chi connectivity index (χ3v) is 3.59. The molecule has 0 rings (SSSR count). The van der Waals surface area contributed by atoms with Crippen molar-refractivity contribution in [1.29, 1.82) is 0 Å². The van der Waals surface area contributed by atoms with Crippen molar-refractivity contribution < 1.29 is 29.7 Å². The number of carboxylic acid groups (broad SMARTS) is 3. The van der Waals surface area contributed by atoms with Crippen LogP contribution in [0.3, 0.4) is 0 Å². The zero-order chi connectivity index (χ0) is 21.6. The molecule has 0 fully saturated rings. The number of rotatable bonds is 8. The molecule has 0 bridgehead atoms. The van der Waals surface area contributed by atoms with E-state index in [0.29, 0.717) is 12.3 Å². The van der Waals surface area contributed by atoms with E-state index in [4.69, 9.17) is 32.5 Å². The van der Waals surface area contributed by atoms with E-state index in [0.717, 1.165) is 6.42 Å². The minimum atomic E-state index is -0.931. The van der Waals surface area contributed by atoms with E-state index in [-0.39, 0.29) is 11.8 Å². The first-order chi connectivity index (χ1) is 11.7. The molecule has 9 N–H and O–H groups in total. The van der Waals surface area contributed by atoms with Crippen LogP contribution in [0.15, 0.2) is 0 Å². The monoisotopic (exact) mass is 379 g/mol. The quantitative estimate of drug-likeness (QED) is 0.356. The Labute approximate surface area is 155 Å². The Kier molecular flexibility index (Phi) is 17.4. The van der Waals surface area contributed by atoms with Gasteiger partial charge in [-0.2, -0.15) is 0 Å². The van der Waals surface area contributed by atoms with Crippen LogP contribution in [-0.2, 0) is 14.4 Å². The number of hydrogen-bond acceptors (Lipinski definition) is 6. The predicted octanol–water partition coefficient (Wildman–Crippen LogP) is 0.943. The van der Waals surface area contributed by atoms with Gasteiger partial charge in [-0.3, -0.25) is 14.4 Å². The number of aliphatic carboxylic acids is 3. The van der Waals surface area contributed by atoms with Gasteiger partial charge in [-0.25, -0.2) is 0 Å². The number of nitrogens with two attached hydrogens (primary N) is 3. The molecule has 0 saturated carbocycles. The number of carboxylic acids is 3. The van der Waals surface area contributed by atoms with Crippen LogP contribution in [0, 0.1) is 17.8 Å². The molecule has 0 aromatic carbocycles. The average molecular weight is 379 g/mol. The Morgan fingerprint density at radius 3 is 1.23 bits per heavy atom. The summed E-state index contributed by atoms with van der Waals surface area (Å²) >= 11 is 0. The smallest absolute Gasteiger partial charge is 0.320 e. The minimum Gasteiger partial charge on any atom is -0.480 e. The van der Waals surface area contributed by atoms with Gasteiger partial charge < -0.3 is 32.5 Å². The van der Waals surface area contributed by atoms with Crippen molar-refractivity contribution in [3.05, 3.63) is 0 Å². The molecule has 0 radical (unpaired) electrons. The standard InChI is InChI=1S/2C6H13NO2.C5H11NO2/c1-4(2)3-5(7)6(8)9;1-3-4(2)5(7)6(8)9;1-3(2)4(6)5(7)8/h2*4-5H,3,7H2,1-2H3,(H,8,9);3-4H,6H2,1-2H3,(H,7,8)/t5-;4-,5-;4-/m000/s1. The van der Waals surface area contributed by atoms with Gasteiger partial charge in [0, 0.05) is 0 Å². The van der Waals surface area contributed by atoms with Crippen LogP contribution >= 0.6 is 0 Å². The maximum absolute atomic E-state index is 10.2. The predicted molar refractivity (Wildman–Crippen MR) is 101 cm³/mol. The van der Waals surface area contributed by atoms with Crippen LogP contribution in [0.25, 0.3) is 0 Å². The van der Waals surface area contributed by atoms with Crippen LogP contribution in [0.4, 0.5) is 0 Å². The lowest BCUT2D eigenvalue weighted by Gasteiger charge is -2.11. The van der Waals surface area contributed by atoms with E-state index in [2.05, 4.69) is 0 Å². The van der Waals surface area contributed by atoms with Gasteiger partial charge in [0.25, 0.3) is 0 Å². The molecule has 0 spiro atoms. The van der Waals surface area contributed by atoms with Crippen molar-refractivity contribution in [2.45, 2.75) is 72.5 Å². The average Bonchev–Trinajstić information content (AvgIpc) is 2.52. The summed E-state index contributed by atoms with van der Waals surface area (Å²) in [7, 11) is 0. The van der Waals surface area contributed by atoms with Crippen molar-refractivity contribution in [3.63, 3.8) is 0 Å². The minimum absolute atomic E-state index is 0.0208. The fourth-order valence-electron chi connectivity index (χ4n) is 1.39. The molecule has 0 unspecified atom stereocenters. The largest absolute Gasteiger partial charge is 0.480 e. The van der Waals surface area contributed by atoms with Gasteiger partial charge in [0.2, 0.25) is 0 Å². The molecule has 0 aliphatic rings. The van der Waals surface area contributed by atoms with E-state index < -0.39 is 36.0 Å². The second-order valence-corrected chi connectivity index (χ2v) is 6.93. The lowest BCUT2D eigenvalue weighted by molar-refractivity contribution is -0.140. The molecule has 0 aliphatic carbocycles. The highest BCUT2D eigenvalue weighted by Crippen LogP contribution is 2.04. The normalized spacial score (nSPS) is 14.9. The molecular weight excluding hydrogens is 342 g/mol. The van der Waals surface area contributed by atoms with Gasteiger partial charge >= 0.3 is 17.9 Å². The first-order valence-corrected chi connectivity index (χ1v) is 8.63. The first kappa shape index (κ1) is 29.1. The van der Waals surface area contributed by atoms with E-state index in [9.17, 15) is 14.4 Å². The molecule has 0 aliphatic heterocycles. The van der Waals surface area contributed by atoms with Crippen molar-refractivity contribution in [2.75, 3.05) is 0 Å². The van der Waals surface area contributed by atoms with Crippen molar-refractivity contribution in [1.82, 2.24) is 0 Å². The van der Waals surface area contributed by atoms with Crippen LogP contribution < -0.4 is 17.2 Å². The molecule has 0 aromatic rings. The zero-order valence-corrected chi connectivity index (χ0v) is 16.7. The third-order valence-electron chi connectivity index (χ3n) is 3.59. The van der Waals surface area contributed by atoms with Gasteiger partial charge in [-0.05, 0) is 24.2 Å². The highest BCUT2D eigenvalue weighted by atomic mass is 16.4. The van der Waals surface area contributed by atoms with Crippen molar-refractivity contribution in [2.24, 2.45) is 35.0 Å². The molecule has 0 aromatic heterocycles. The van der Waals surface area contributed by atoms with Crippen LogP contribution in [0.1, 0.15) is 54.4 Å². The van der Waals surface area contributed by atoms with E-state index >= 15 is 0 Å². The Balaban J connectivity index is -0.000000306. The van der Waals surface area contributed by atoms with Crippen LogP contribution in [0.2, 0.25) is 0 Å². The molecule has 0 saturated heterocycles. The van der Waals surface area contributed by atoms with Gasteiger partial charge in [-0.1, -0.05) is 48.0 Å². The van der Waals surface area contributed by atoms with Crippen LogP contribution in [-0.4, -0.2) is 51.4 Å². The summed E-state index contributed by atoms with van der Waals surface area (Å²) in [4.78, 5) is 30.3. The van der Waals surface area contributed by atoms with E-state index in [1.807, 2.05) is 27.7 Å². The van der Waals surface area contributed by atoms with Gasteiger partial charge in [0.05, 0.1) is 0 Å². The van der Waals surface area contributed by atoms with E-state index in [1.165, 1.54) is 0 Å². The number of carbonyl (C=O) groups is 3. The van der Waals surface area contributed by atoms with Gasteiger partial charge in [0.15, 0.2) is 0 Å². The van der Waals surface area contributed by atoms with Crippen LogP contribution in [0.5, 0.6) is 0 Å². The second-order valence-electron chi connectivity index (χ2n) is 6.93. The number of hydrogen-bond donors (Lipinski definition) is 6. The highest BCUT2D eigenvalue weighted by Gasteiger charge is 2.17. The molecule has 156 valence electrons. The summed E-state index contributed by atoms with van der Waals surface area (Å²) in [5.74, 6) is -2.31. The summed E-state index contributed by atoms with van der Waals surface area (Å²) in [5, 5.41) is 24.9. The Hall–Kier alpha value is -1.71. The van der Waals surface area contributed by atoms with E-state index in [1.54, 1.807) is 13.8 Å². The molecule has 0 amide bonds. The molecule has 9 heteroatoms. The fraction of sp³-hybridized carbons (Fsp3) is 0.824. The Morgan fingerprint density at radius 1 is 0.769 bits per heavy atom. The summed E-state index contributed by atoms with van der Waals surface area (Å²) in [6.45, 7) is 11.2. The molecule has 9 nitrogen and oxygen atoms in total. The van der Waals surface area contributed by atoms with Crippen molar-refractivity contribution in [3.8, 4) is 0 Å². The summed E-state index contributed by atoms with van der Waals surface area (Å²) < 4.78 is 0. The maximum Gasteiger partial charge on any atom is 0.320 e. The Bertz CT molecular complexity index is 415. The zero-order valence-electron chi connectivity index (χ0n) is 16.7. The van der Waals surface area contributed by atoms with Gasteiger partial charge in [-0.15, -0.1) is 0 Å².